The zero-order valence-corrected chi connectivity index (χ0v) is 19.8. The maximum absolute atomic E-state index is 11.1. The number of rotatable bonds is 7. The Bertz CT molecular complexity index is 980. The Hall–Kier alpha value is -2.37. The molecule has 3 fully saturated rings. The summed E-state index contributed by atoms with van der Waals surface area (Å²) in [6.07, 6.45) is 7.42. The van der Waals surface area contributed by atoms with Crippen molar-refractivity contribution in [3.8, 4) is 5.75 Å². The number of carboxylic acid groups (broad SMARTS) is 1. The van der Waals surface area contributed by atoms with Crippen molar-refractivity contribution >= 4 is 5.97 Å². The molecule has 5 rings (SSSR count). The lowest BCUT2D eigenvalue weighted by Crippen LogP contribution is -2.59. The molecule has 2 saturated heterocycles. The highest BCUT2D eigenvalue weighted by Gasteiger charge is 2.60. The van der Waals surface area contributed by atoms with E-state index in [9.17, 15) is 4.79 Å². The highest BCUT2D eigenvalue weighted by molar-refractivity contribution is 5.68. The summed E-state index contributed by atoms with van der Waals surface area (Å²) in [7, 11) is 2.36. The van der Waals surface area contributed by atoms with Crippen molar-refractivity contribution < 1.29 is 14.6 Å². The number of carboxylic acids is 1. The van der Waals surface area contributed by atoms with Gasteiger partial charge in [-0.05, 0) is 44.4 Å². The highest BCUT2D eigenvalue weighted by atomic mass is 16.5. The number of aliphatic carboxylic acids is 1. The van der Waals surface area contributed by atoms with Crippen LogP contribution in [-0.4, -0.2) is 58.7 Å². The van der Waals surface area contributed by atoms with Crippen LogP contribution in [0.2, 0.25) is 0 Å². The molecular formula is C28H36N2O3. The van der Waals surface area contributed by atoms with Crippen molar-refractivity contribution in [1.29, 1.82) is 0 Å². The molecule has 2 aliphatic heterocycles. The van der Waals surface area contributed by atoms with Gasteiger partial charge in [-0.2, -0.15) is 0 Å². The highest BCUT2D eigenvalue weighted by Crippen LogP contribution is 2.55. The van der Waals surface area contributed by atoms with Crippen LogP contribution in [0.1, 0.15) is 50.2 Å². The van der Waals surface area contributed by atoms with E-state index >= 15 is 0 Å². The van der Waals surface area contributed by atoms with Gasteiger partial charge < -0.3 is 9.84 Å². The number of likely N-dealkylation sites (N-methyl/N-ethyl adjacent to an activating group) is 1. The number of hydrogen-bond donors (Lipinski definition) is 1. The summed E-state index contributed by atoms with van der Waals surface area (Å²) in [6.45, 7) is 3.02. The molecule has 33 heavy (non-hydrogen) atoms. The number of fused-ring (bicyclic) bond motifs is 1. The lowest BCUT2D eigenvalue weighted by molar-refractivity contribution is -0.139. The lowest BCUT2D eigenvalue weighted by Gasteiger charge is -2.51. The number of likely N-dealkylation sites (tertiary alicyclic amines) is 2. The van der Waals surface area contributed by atoms with E-state index in [0.29, 0.717) is 35.3 Å². The number of ether oxygens (including phenoxy) is 1. The average molecular weight is 449 g/mol. The van der Waals surface area contributed by atoms with Crippen LogP contribution in [0.3, 0.4) is 0 Å². The van der Waals surface area contributed by atoms with Crippen molar-refractivity contribution in [2.24, 2.45) is 5.41 Å². The third-order valence-corrected chi connectivity index (χ3v) is 8.63. The maximum Gasteiger partial charge on any atom is 0.341 e. The summed E-state index contributed by atoms with van der Waals surface area (Å²) in [5.41, 5.74) is 2.77. The zero-order valence-electron chi connectivity index (χ0n) is 19.8. The monoisotopic (exact) mass is 448 g/mol. The normalized spacial score (nSPS) is 31.8. The van der Waals surface area contributed by atoms with Gasteiger partial charge in [0.05, 0.1) is 0 Å². The Morgan fingerprint density at radius 1 is 1.06 bits per heavy atom. The first-order chi connectivity index (χ1) is 16.0. The molecule has 176 valence electrons. The first kappa shape index (κ1) is 22.4. The Balaban J connectivity index is 1.52. The Morgan fingerprint density at radius 3 is 2.52 bits per heavy atom. The predicted molar refractivity (Wildman–Crippen MR) is 129 cm³/mol. The fourth-order valence-corrected chi connectivity index (χ4v) is 7.18. The second kappa shape index (κ2) is 9.11. The minimum absolute atomic E-state index is 0.292. The third-order valence-electron chi connectivity index (χ3n) is 8.63. The van der Waals surface area contributed by atoms with Gasteiger partial charge in [-0.3, -0.25) is 9.80 Å². The van der Waals surface area contributed by atoms with Crippen molar-refractivity contribution in [3.05, 3.63) is 65.7 Å². The van der Waals surface area contributed by atoms with Gasteiger partial charge in [0, 0.05) is 41.7 Å². The van der Waals surface area contributed by atoms with Crippen molar-refractivity contribution in [2.45, 2.75) is 76.2 Å². The van der Waals surface area contributed by atoms with Crippen LogP contribution in [0.25, 0.3) is 0 Å². The number of para-hydroxylation sites is 1. The molecule has 2 aromatic rings. The van der Waals surface area contributed by atoms with Gasteiger partial charge in [-0.1, -0.05) is 68.3 Å². The van der Waals surface area contributed by atoms with Gasteiger partial charge in [-0.15, -0.1) is 0 Å². The summed E-state index contributed by atoms with van der Waals surface area (Å²) in [4.78, 5) is 16.6. The van der Waals surface area contributed by atoms with Gasteiger partial charge in [-0.25, -0.2) is 4.79 Å². The molecule has 0 amide bonds. The zero-order chi connectivity index (χ0) is 23.0. The van der Waals surface area contributed by atoms with Gasteiger partial charge in [0.25, 0.3) is 0 Å². The third kappa shape index (κ3) is 4.17. The number of nitrogens with zero attached hydrogens (tertiary/aromatic N) is 2. The van der Waals surface area contributed by atoms with Crippen LogP contribution < -0.4 is 4.74 Å². The summed E-state index contributed by atoms with van der Waals surface area (Å²) < 4.78 is 5.70. The summed E-state index contributed by atoms with van der Waals surface area (Å²) >= 11 is 0. The second-order valence-corrected chi connectivity index (χ2v) is 10.5. The van der Waals surface area contributed by atoms with E-state index in [-0.39, 0.29) is 6.61 Å². The molecule has 1 aliphatic carbocycles. The Kier molecular flexibility index (Phi) is 6.19. The molecule has 0 aromatic heterocycles. The van der Waals surface area contributed by atoms with E-state index < -0.39 is 5.97 Å². The van der Waals surface area contributed by atoms with Crippen molar-refractivity contribution in [3.63, 3.8) is 0 Å². The van der Waals surface area contributed by atoms with Gasteiger partial charge in [0.1, 0.15) is 5.75 Å². The van der Waals surface area contributed by atoms with Crippen LogP contribution in [0.5, 0.6) is 5.75 Å². The molecule has 2 aromatic carbocycles. The van der Waals surface area contributed by atoms with Crippen LogP contribution in [-0.2, 0) is 17.8 Å². The number of carbonyl (C=O) groups is 1. The molecule has 5 heteroatoms. The SMILES string of the molecule is CN1[C@H]2CCCC[C@H]3N(Cc4ccccc4OCC(=O)O)[C@H](Cc4ccccc4)[C@@H]1C[C@@]23C. The molecule has 0 radical (unpaired) electrons. The van der Waals surface area contributed by atoms with Crippen molar-refractivity contribution in [2.75, 3.05) is 13.7 Å². The molecular weight excluding hydrogens is 412 g/mol. The average Bonchev–Trinajstić information content (AvgIpc) is 2.92. The van der Waals surface area contributed by atoms with Gasteiger partial charge in [0.15, 0.2) is 6.61 Å². The van der Waals surface area contributed by atoms with Crippen molar-refractivity contribution in [1.82, 2.24) is 9.80 Å². The quantitative estimate of drug-likeness (QED) is 0.671. The standard InChI is InChI=1S/C28H36N2O3/c1-28-17-23-22(16-20-10-4-3-5-11-20)30(26(28)15-9-8-14-25(28)29(23)2)18-21-12-6-7-13-24(21)33-19-27(31)32/h3-7,10-13,22-23,25-26H,8-9,14-19H2,1-2H3,(H,31,32)/t22-,23+,25+,26-,28+/m1/s1. The van der Waals surface area contributed by atoms with E-state index in [2.05, 4.69) is 60.2 Å². The largest absolute Gasteiger partial charge is 0.482 e. The Labute approximate surface area is 197 Å². The molecule has 3 aliphatic rings. The van der Waals surface area contributed by atoms with E-state index in [1.165, 1.54) is 37.7 Å². The predicted octanol–water partition coefficient (Wildman–Crippen LogP) is 4.60. The van der Waals surface area contributed by atoms with E-state index in [1.807, 2.05) is 18.2 Å². The fraction of sp³-hybridized carbons (Fsp3) is 0.536. The van der Waals surface area contributed by atoms with E-state index in [0.717, 1.165) is 18.5 Å². The first-order valence-electron chi connectivity index (χ1n) is 12.4. The molecule has 0 spiro atoms. The Morgan fingerprint density at radius 2 is 1.76 bits per heavy atom. The van der Waals surface area contributed by atoms with E-state index in [1.54, 1.807) is 0 Å². The van der Waals surface area contributed by atoms with Gasteiger partial charge in [0.2, 0.25) is 0 Å². The summed E-state index contributed by atoms with van der Waals surface area (Å²) in [5, 5.41) is 9.14. The molecule has 5 nitrogen and oxygen atoms in total. The maximum atomic E-state index is 11.1. The smallest absolute Gasteiger partial charge is 0.341 e. The summed E-state index contributed by atoms with van der Waals surface area (Å²) in [6, 6.07) is 21.0. The minimum atomic E-state index is -0.941. The van der Waals surface area contributed by atoms with Crippen LogP contribution in [0.15, 0.2) is 54.6 Å². The van der Waals surface area contributed by atoms with Crippen LogP contribution >= 0.6 is 0 Å². The second-order valence-electron chi connectivity index (χ2n) is 10.5. The van der Waals surface area contributed by atoms with Crippen LogP contribution in [0, 0.1) is 5.41 Å². The van der Waals surface area contributed by atoms with Gasteiger partial charge >= 0.3 is 5.97 Å². The summed E-state index contributed by atoms with van der Waals surface area (Å²) in [5.74, 6) is -0.247. The van der Waals surface area contributed by atoms with Crippen LogP contribution in [0.4, 0.5) is 0 Å². The molecule has 1 N–H and O–H groups in total. The number of piperidine rings is 1. The molecule has 2 heterocycles. The van der Waals surface area contributed by atoms with E-state index in [4.69, 9.17) is 9.84 Å². The molecule has 5 atom stereocenters. The minimum Gasteiger partial charge on any atom is -0.482 e. The molecule has 1 saturated carbocycles. The first-order valence-corrected chi connectivity index (χ1v) is 12.4. The molecule has 2 bridgehead atoms. The number of benzene rings is 2. The number of hydrogen-bond acceptors (Lipinski definition) is 4. The topological polar surface area (TPSA) is 53.0 Å². The lowest BCUT2D eigenvalue weighted by atomic mass is 9.69. The molecule has 0 unspecified atom stereocenters. The fourth-order valence-electron chi connectivity index (χ4n) is 7.18.